The van der Waals surface area contributed by atoms with Crippen molar-refractivity contribution in [3.05, 3.63) is 72.1 Å². The highest BCUT2D eigenvalue weighted by Crippen LogP contribution is 2.39. The van der Waals surface area contributed by atoms with E-state index in [-0.39, 0.29) is 23.3 Å². The second kappa shape index (κ2) is 10.2. The minimum atomic E-state index is -3.80. The van der Waals surface area contributed by atoms with Gasteiger partial charge < -0.3 is 10.1 Å². The lowest BCUT2D eigenvalue weighted by Crippen LogP contribution is -2.48. The number of hydrogen-bond donors (Lipinski definition) is 4. The first-order valence-electron chi connectivity index (χ1n) is 11.0. The van der Waals surface area contributed by atoms with Gasteiger partial charge in [-0.05, 0) is 43.4 Å². The number of rotatable bonds is 9. The Morgan fingerprint density at radius 3 is 2.50 bits per heavy atom. The Kier molecular flexibility index (Phi) is 7.13. The van der Waals surface area contributed by atoms with E-state index >= 15 is 0 Å². The van der Waals surface area contributed by atoms with Gasteiger partial charge in [0.05, 0.1) is 12.7 Å². The zero-order valence-electron chi connectivity index (χ0n) is 18.8. The fourth-order valence-electron chi connectivity index (χ4n) is 4.45. The molecule has 3 aromatic rings. The van der Waals surface area contributed by atoms with Gasteiger partial charge in [-0.2, -0.15) is 18.1 Å². The average molecular weight is 485 g/mol. The van der Waals surface area contributed by atoms with Gasteiger partial charge in [0.15, 0.2) is 0 Å². The lowest BCUT2D eigenvalue weighted by molar-refractivity contribution is 0.0932. The molecule has 2 aromatic carbocycles. The van der Waals surface area contributed by atoms with Crippen molar-refractivity contribution in [3.8, 4) is 5.75 Å². The molecule has 0 atom stereocenters. The van der Waals surface area contributed by atoms with Crippen molar-refractivity contribution in [2.45, 2.75) is 37.1 Å². The molecule has 0 saturated heterocycles. The van der Waals surface area contributed by atoms with Crippen LogP contribution in [0.3, 0.4) is 0 Å². The van der Waals surface area contributed by atoms with Crippen LogP contribution < -0.4 is 19.5 Å². The second-order valence-electron chi connectivity index (χ2n) is 8.35. The van der Waals surface area contributed by atoms with Crippen molar-refractivity contribution in [2.24, 2.45) is 0 Å². The van der Waals surface area contributed by atoms with Crippen LogP contribution in [0.15, 0.2) is 60.9 Å². The summed E-state index contributed by atoms with van der Waals surface area (Å²) < 4.78 is 35.2. The van der Waals surface area contributed by atoms with E-state index in [0.717, 1.165) is 5.56 Å². The number of H-pyrrole nitrogens is 1. The van der Waals surface area contributed by atoms with Gasteiger partial charge in [-0.1, -0.05) is 42.5 Å². The first kappa shape index (κ1) is 23.7. The van der Waals surface area contributed by atoms with E-state index in [1.165, 1.54) is 13.4 Å². The van der Waals surface area contributed by atoms with Crippen LogP contribution in [0.1, 0.15) is 41.6 Å². The van der Waals surface area contributed by atoms with Gasteiger partial charge in [0.25, 0.3) is 11.9 Å². The van der Waals surface area contributed by atoms with E-state index in [4.69, 9.17) is 4.74 Å². The SMILES string of the molecule is COc1ccccc1C(=O)NC[C@]1(c2ccccc2)CC[C@H](NS(=O)(=O)Nc2nc[nH]n2)CC1. The third-order valence-corrected chi connectivity index (χ3v) is 7.33. The Balaban J connectivity index is 1.45. The standard InChI is InChI=1S/C23H28N6O4S/c1-33-20-10-6-5-9-19(20)21(30)24-15-23(17-7-3-2-4-8-17)13-11-18(12-14-23)28-34(31,32)29-22-25-16-26-27-22/h2-10,16,18,28H,11-15H2,1H3,(H,24,30)(H2,25,26,27,29)/t18-,23-. The van der Waals surface area contributed by atoms with Crippen LogP contribution in [0.4, 0.5) is 5.95 Å². The fraction of sp³-hybridized carbons (Fsp3) is 0.348. The third kappa shape index (κ3) is 5.54. The lowest BCUT2D eigenvalue weighted by Gasteiger charge is -2.41. The zero-order chi connectivity index (χ0) is 24.0. The second-order valence-corrected chi connectivity index (χ2v) is 9.80. The number of aromatic amines is 1. The molecule has 1 aliphatic rings. The number of carbonyl (C=O) groups is 1. The smallest absolute Gasteiger partial charge is 0.301 e. The molecule has 4 rings (SSSR count). The van der Waals surface area contributed by atoms with Crippen LogP contribution in [0.25, 0.3) is 0 Å². The summed E-state index contributed by atoms with van der Waals surface area (Å²) in [6.07, 6.45) is 3.95. The molecule has 4 N–H and O–H groups in total. The Morgan fingerprint density at radius 2 is 1.82 bits per heavy atom. The van der Waals surface area contributed by atoms with Gasteiger partial charge in [0, 0.05) is 18.0 Å². The zero-order valence-corrected chi connectivity index (χ0v) is 19.6. The summed E-state index contributed by atoms with van der Waals surface area (Å²) in [5.41, 5.74) is 1.29. The van der Waals surface area contributed by atoms with Crippen LogP contribution in [0.2, 0.25) is 0 Å². The number of benzene rings is 2. The lowest BCUT2D eigenvalue weighted by atomic mass is 9.68. The third-order valence-electron chi connectivity index (χ3n) is 6.23. The van der Waals surface area contributed by atoms with Crippen LogP contribution in [-0.2, 0) is 15.6 Å². The predicted octanol–water partition coefficient (Wildman–Crippen LogP) is 2.37. The summed E-state index contributed by atoms with van der Waals surface area (Å²) in [6, 6.07) is 16.9. The molecule has 0 aliphatic heterocycles. The van der Waals surface area contributed by atoms with Crippen molar-refractivity contribution in [3.63, 3.8) is 0 Å². The first-order valence-corrected chi connectivity index (χ1v) is 12.5. The molecule has 1 saturated carbocycles. The first-order chi connectivity index (χ1) is 16.4. The highest BCUT2D eigenvalue weighted by molar-refractivity contribution is 7.90. The van der Waals surface area contributed by atoms with Crippen molar-refractivity contribution < 1.29 is 17.9 Å². The molecule has 0 bridgehead atoms. The van der Waals surface area contributed by atoms with Gasteiger partial charge in [0.1, 0.15) is 12.1 Å². The number of carbonyl (C=O) groups excluding carboxylic acids is 1. The molecule has 34 heavy (non-hydrogen) atoms. The molecule has 0 radical (unpaired) electrons. The van der Waals surface area contributed by atoms with Crippen LogP contribution in [-0.4, -0.2) is 49.2 Å². The Labute approximate surface area is 198 Å². The van der Waals surface area contributed by atoms with Gasteiger partial charge in [0.2, 0.25) is 0 Å². The summed E-state index contributed by atoms with van der Waals surface area (Å²) in [5, 5.41) is 9.27. The number of anilines is 1. The van der Waals surface area contributed by atoms with Crippen molar-refractivity contribution in [2.75, 3.05) is 18.4 Å². The summed E-state index contributed by atoms with van der Waals surface area (Å²) in [4.78, 5) is 16.7. The Hall–Kier alpha value is -3.44. The van der Waals surface area contributed by atoms with Gasteiger partial charge in [-0.15, -0.1) is 5.10 Å². The Bertz CT molecular complexity index is 1190. The van der Waals surface area contributed by atoms with Crippen molar-refractivity contribution in [1.82, 2.24) is 25.2 Å². The summed E-state index contributed by atoms with van der Waals surface area (Å²) >= 11 is 0. The topological polar surface area (TPSA) is 138 Å². The number of nitrogens with zero attached hydrogens (tertiary/aromatic N) is 2. The molecule has 1 aromatic heterocycles. The van der Waals surface area contributed by atoms with Gasteiger partial charge >= 0.3 is 10.2 Å². The molecule has 1 heterocycles. The van der Waals surface area contributed by atoms with E-state index in [2.05, 4.69) is 42.1 Å². The quantitative estimate of drug-likeness (QED) is 0.368. The number of para-hydroxylation sites is 1. The number of amides is 1. The minimum Gasteiger partial charge on any atom is -0.496 e. The minimum absolute atomic E-state index is 0.0130. The maximum atomic E-state index is 12.9. The maximum absolute atomic E-state index is 12.9. The predicted molar refractivity (Wildman–Crippen MR) is 128 cm³/mol. The largest absolute Gasteiger partial charge is 0.496 e. The van der Waals surface area contributed by atoms with Crippen LogP contribution >= 0.6 is 0 Å². The molecule has 10 nitrogen and oxygen atoms in total. The number of hydrogen-bond acceptors (Lipinski definition) is 6. The maximum Gasteiger partial charge on any atom is 0.301 e. The highest BCUT2D eigenvalue weighted by atomic mass is 32.2. The van der Waals surface area contributed by atoms with E-state index in [1.54, 1.807) is 18.2 Å². The van der Waals surface area contributed by atoms with Gasteiger partial charge in [-0.3, -0.25) is 9.89 Å². The van der Waals surface area contributed by atoms with E-state index < -0.39 is 10.2 Å². The summed E-state index contributed by atoms with van der Waals surface area (Å²) in [6.45, 7) is 0.433. The van der Waals surface area contributed by atoms with E-state index in [9.17, 15) is 13.2 Å². The molecule has 11 heteroatoms. The molecule has 0 spiro atoms. The molecule has 1 fully saturated rings. The molecule has 0 unspecified atom stereocenters. The molecular formula is C23H28N6O4S. The van der Waals surface area contributed by atoms with Crippen LogP contribution in [0.5, 0.6) is 5.75 Å². The summed E-state index contributed by atoms with van der Waals surface area (Å²) in [5.74, 6) is 0.304. The summed E-state index contributed by atoms with van der Waals surface area (Å²) in [7, 11) is -2.27. The van der Waals surface area contributed by atoms with E-state index in [1.807, 2.05) is 24.3 Å². The molecule has 1 amide bonds. The number of aromatic nitrogens is 3. The number of methoxy groups -OCH3 is 1. The fourth-order valence-corrected chi connectivity index (χ4v) is 5.52. The Morgan fingerprint density at radius 1 is 1.12 bits per heavy atom. The average Bonchev–Trinajstić information content (AvgIpc) is 3.36. The normalized spacial score (nSPS) is 20.4. The molecular weight excluding hydrogens is 456 g/mol. The monoisotopic (exact) mass is 484 g/mol. The highest BCUT2D eigenvalue weighted by Gasteiger charge is 2.38. The molecule has 1 aliphatic carbocycles. The number of nitrogens with one attached hydrogen (secondary N) is 4. The van der Waals surface area contributed by atoms with E-state index in [0.29, 0.717) is 43.5 Å². The van der Waals surface area contributed by atoms with Crippen molar-refractivity contribution >= 4 is 22.1 Å². The van der Waals surface area contributed by atoms with Crippen molar-refractivity contribution in [1.29, 1.82) is 0 Å². The number of ether oxygens (including phenoxy) is 1. The van der Waals surface area contributed by atoms with Gasteiger partial charge in [-0.25, -0.2) is 4.72 Å². The van der Waals surface area contributed by atoms with Crippen LogP contribution in [0, 0.1) is 0 Å². The molecule has 180 valence electrons.